The van der Waals surface area contributed by atoms with Crippen LogP contribution in [0.1, 0.15) is 6.92 Å². The Balaban J connectivity index is 2.18. The molecule has 0 amide bonds. The van der Waals surface area contributed by atoms with Crippen LogP contribution in [0.25, 0.3) is 21.5 Å². The van der Waals surface area contributed by atoms with Gasteiger partial charge in [-0.25, -0.2) is 0 Å². The average molecular weight is 299 g/mol. The highest BCUT2D eigenvalue weighted by Gasteiger charge is 2.12. The molecule has 0 atom stereocenters. The highest BCUT2D eigenvalue weighted by atomic mass is 32.1. The number of nitrogens with zero attached hydrogens (tertiary/aromatic N) is 4. The average Bonchev–Trinajstić information content (AvgIpc) is 2.95. The summed E-state index contributed by atoms with van der Waals surface area (Å²) >= 11 is 1.71. The molecule has 0 saturated carbocycles. The zero-order chi connectivity index (χ0) is 14.8. The number of thiophene rings is 1. The first kappa shape index (κ1) is 13.8. The molecule has 0 saturated heterocycles. The van der Waals surface area contributed by atoms with Gasteiger partial charge in [0.1, 0.15) is 0 Å². The standard InChI is InChI=1S/C15H17N5S/c1-4-16-14-17-13(18-15(19-14)20(2)3)11-7-5-6-10-8-9-21-12(10)11/h5-9H,4H2,1-3H3,(H,16,17,18,19). The number of fused-ring (bicyclic) bond motifs is 1. The van der Waals surface area contributed by atoms with Crippen LogP contribution in [0.4, 0.5) is 11.9 Å². The largest absolute Gasteiger partial charge is 0.354 e. The summed E-state index contributed by atoms with van der Waals surface area (Å²) in [7, 11) is 3.86. The third kappa shape index (κ3) is 2.67. The molecule has 0 spiro atoms. The van der Waals surface area contributed by atoms with E-state index in [1.165, 1.54) is 10.1 Å². The van der Waals surface area contributed by atoms with Crippen molar-refractivity contribution in [2.45, 2.75) is 6.92 Å². The maximum Gasteiger partial charge on any atom is 0.230 e. The van der Waals surface area contributed by atoms with Gasteiger partial charge in [-0.1, -0.05) is 12.1 Å². The van der Waals surface area contributed by atoms with Gasteiger partial charge in [0, 0.05) is 30.9 Å². The van der Waals surface area contributed by atoms with Crippen molar-refractivity contribution in [1.29, 1.82) is 0 Å². The molecule has 3 rings (SSSR count). The highest BCUT2D eigenvalue weighted by Crippen LogP contribution is 2.31. The zero-order valence-electron chi connectivity index (χ0n) is 12.3. The van der Waals surface area contributed by atoms with Gasteiger partial charge in [0.15, 0.2) is 5.82 Å². The van der Waals surface area contributed by atoms with Crippen LogP contribution in [-0.4, -0.2) is 35.6 Å². The number of hydrogen-bond acceptors (Lipinski definition) is 6. The van der Waals surface area contributed by atoms with Crippen LogP contribution in [0.15, 0.2) is 29.6 Å². The van der Waals surface area contributed by atoms with Gasteiger partial charge in [0.2, 0.25) is 11.9 Å². The Morgan fingerprint density at radius 3 is 2.76 bits per heavy atom. The van der Waals surface area contributed by atoms with E-state index in [0.717, 1.165) is 12.1 Å². The van der Waals surface area contributed by atoms with Gasteiger partial charge in [-0.05, 0) is 29.8 Å². The van der Waals surface area contributed by atoms with Crippen molar-refractivity contribution >= 4 is 33.3 Å². The fourth-order valence-electron chi connectivity index (χ4n) is 2.09. The second-order valence-electron chi connectivity index (χ2n) is 4.85. The van der Waals surface area contributed by atoms with Crippen molar-refractivity contribution in [3.05, 3.63) is 29.6 Å². The Kier molecular flexibility index (Phi) is 3.70. The van der Waals surface area contributed by atoms with E-state index >= 15 is 0 Å². The summed E-state index contributed by atoms with van der Waals surface area (Å²) in [5, 5.41) is 6.48. The fraction of sp³-hybridized carbons (Fsp3) is 0.267. The number of anilines is 2. The van der Waals surface area contributed by atoms with Gasteiger partial charge in [-0.3, -0.25) is 0 Å². The molecule has 3 aromatic rings. The summed E-state index contributed by atoms with van der Waals surface area (Å²) in [6, 6.07) is 8.32. The van der Waals surface area contributed by atoms with Crippen molar-refractivity contribution in [1.82, 2.24) is 15.0 Å². The monoisotopic (exact) mass is 299 g/mol. The van der Waals surface area contributed by atoms with Crippen LogP contribution in [-0.2, 0) is 0 Å². The topological polar surface area (TPSA) is 53.9 Å². The lowest BCUT2D eigenvalue weighted by Crippen LogP contribution is -2.15. The molecule has 0 radical (unpaired) electrons. The van der Waals surface area contributed by atoms with Crippen LogP contribution in [0, 0.1) is 0 Å². The third-order valence-corrected chi connectivity index (χ3v) is 4.04. The SMILES string of the molecule is CCNc1nc(-c2cccc3ccsc23)nc(N(C)C)n1. The van der Waals surface area contributed by atoms with Crippen LogP contribution in [0.2, 0.25) is 0 Å². The molecule has 1 aromatic carbocycles. The minimum atomic E-state index is 0.611. The molecule has 0 aliphatic heterocycles. The minimum absolute atomic E-state index is 0.611. The van der Waals surface area contributed by atoms with Gasteiger partial charge >= 0.3 is 0 Å². The molecule has 5 nitrogen and oxygen atoms in total. The van der Waals surface area contributed by atoms with Crippen molar-refractivity contribution in [3.8, 4) is 11.4 Å². The van der Waals surface area contributed by atoms with E-state index in [1.807, 2.05) is 32.0 Å². The van der Waals surface area contributed by atoms with E-state index in [4.69, 9.17) is 0 Å². The number of benzene rings is 1. The molecule has 108 valence electrons. The molecule has 0 aliphatic rings. The van der Waals surface area contributed by atoms with E-state index in [-0.39, 0.29) is 0 Å². The van der Waals surface area contributed by atoms with Crippen LogP contribution >= 0.6 is 11.3 Å². The number of aromatic nitrogens is 3. The molecule has 0 fully saturated rings. The van der Waals surface area contributed by atoms with Crippen molar-refractivity contribution in [2.24, 2.45) is 0 Å². The number of rotatable bonds is 4. The van der Waals surface area contributed by atoms with Crippen LogP contribution < -0.4 is 10.2 Å². The predicted octanol–water partition coefficient (Wildman–Crippen LogP) is 3.25. The highest BCUT2D eigenvalue weighted by molar-refractivity contribution is 7.17. The lowest BCUT2D eigenvalue weighted by molar-refractivity contribution is 0.954. The number of hydrogen-bond donors (Lipinski definition) is 1. The smallest absolute Gasteiger partial charge is 0.230 e. The summed E-state index contributed by atoms with van der Waals surface area (Å²) in [5.41, 5.74) is 1.05. The van der Waals surface area contributed by atoms with Crippen LogP contribution in [0.5, 0.6) is 0 Å². The lowest BCUT2D eigenvalue weighted by atomic mass is 10.1. The van der Waals surface area contributed by atoms with Crippen molar-refractivity contribution < 1.29 is 0 Å². The van der Waals surface area contributed by atoms with Gasteiger partial charge in [0.05, 0.1) is 0 Å². The normalized spacial score (nSPS) is 10.8. The predicted molar refractivity (Wildman–Crippen MR) is 89.1 cm³/mol. The van der Waals surface area contributed by atoms with Crippen molar-refractivity contribution in [2.75, 3.05) is 30.9 Å². The lowest BCUT2D eigenvalue weighted by Gasteiger charge is -2.13. The van der Waals surface area contributed by atoms with E-state index in [2.05, 4.69) is 43.8 Å². The van der Waals surface area contributed by atoms with E-state index in [0.29, 0.717) is 17.7 Å². The molecule has 2 heterocycles. The molecule has 1 N–H and O–H groups in total. The van der Waals surface area contributed by atoms with Gasteiger partial charge in [-0.15, -0.1) is 11.3 Å². The summed E-state index contributed by atoms with van der Waals surface area (Å²) in [6.07, 6.45) is 0. The molecule has 6 heteroatoms. The number of nitrogens with one attached hydrogen (secondary N) is 1. The Morgan fingerprint density at radius 1 is 1.14 bits per heavy atom. The molecular formula is C15H17N5S. The Morgan fingerprint density at radius 2 is 2.00 bits per heavy atom. The first-order valence-electron chi connectivity index (χ1n) is 6.83. The van der Waals surface area contributed by atoms with Crippen molar-refractivity contribution in [3.63, 3.8) is 0 Å². The Hall–Kier alpha value is -2.21. The Labute approximate surface area is 127 Å². The summed E-state index contributed by atoms with van der Waals surface area (Å²) in [5.74, 6) is 1.97. The second kappa shape index (κ2) is 5.65. The summed E-state index contributed by atoms with van der Waals surface area (Å²) < 4.78 is 1.20. The Bertz CT molecular complexity index is 766. The quantitative estimate of drug-likeness (QED) is 0.801. The molecule has 2 aromatic heterocycles. The third-order valence-electron chi connectivity index (χ3n) is 3.08. The zero-order valence-corrected chi connectivity index (χ0v) is 13.1. The van der Waals surface area contributed by atoms with Gasteiger partial charge < -0.3 is 10.2 Å². The maximum absolute atomic E-state index is 4.59. The minimum Gasteiger partial charge on any atom is -0.354 e. The van der Waals surface area contributed by atoms with E-state index in [1.54, 1.807) is 11.3 Å². The molecule has 0 bridgehead atoms. The summed E-state index contributed by atoms with van der Waals surface area (Å²) in [4.78, 5) is 15.4. The molecular weight excluding hydrogens is 282 g/mol. The first-order chi connectivity index (χ1) is 10.2. The summed E-state index contributed by atoms with van der Waals surface area (Å²) in [6.45, 7) is 2.80. The van der Waals surface area contributed by atoms with Crippen LogP contribution in [0.3, 0.4) is 0 Å². The van der Waals surface area contributed by atoms with Gasteiger partial charge in [-0.2, -0.15) is 15.0 Å². The molecule has 0 aliphatic carbocycles. The van der Waals surface area contributed by atoms with E-state index in [9.17, 15) is 0 Å². The maximum atomic E-state index is 4.59. The molecule has 21 heavy (non-hydrogen) atoms. The second-order valence-corrected chi connectivity index (χ2v) is 5.77. The van der Waals surface area contributed by atoms with E-state index < -0.39 is 0 Å². The van der Waals surface area contributed by atoms with Gasteiger partial charge in [0.25, 0.3) is 0 Å². The molecule has 0 unspecified atom stereocenters. The first-order valence-corrected chi connectivity index (χ1v) is 7.71. The fourth-order valence-corrected chi connectivity index (χ4v) is 3.00.